The number of halogens is 1. The van der Waals surface area contributed by atoms with Gasteiger partial charge in [0, 0.05) is 30.7 Å². The molecule has 0 radical (unpaired) electrons. The van der Waals surface area contributed by atoms with Crippen LogP contribution in [0.15, 0.2) is 41.1 Å². The quantitative estimate of drug-likeness (QED) is 0.880. The van der Waals surface area contributed by atoms with Gasteiger partial charge in [0.1, 0.15) is 0 Å². The SMILES string of the molecule is Nc1ccc(CN(c2ncc(Br)cn2)C2CC2)cc1. The molecule has 0 unspecified atom stereocenters. The lowest BCUT2D eigenvalue weighted by Crippen LogP contribution is -2.26. The standard InChI is InChI=1S/C14H15BrN4/c15-11-7-17-14(18-8-11)19(13-5-6-13)9-10-1-3-12(16)4-2-10/h1-4,7-8,13H,5-6,9,16H2. The van der Waals surface area contributed by atoms with Gasteiger partial charge in [0.15, 0.2) is 0 Å². The average molecular weight is 319 g/mol. The molecule has 1 aliphatic rings. The third-order valence-corrected chi connectivity index (χ3v) is 3.59. The van der Waals surface area contributed by atoms with Crippen LogP contribution in [0.25, 0.3) is 0 Å². The fourth-order valence-corrected chi connectivity index (χ4v) is 2.23. The van der Waals surface area contributed by atoms with E-state index in [1.54, 1.807) is 12.4 Å². The van der Waals surface area contributed by atoms with Crippen LogP contribution in [0, 0.1) is 0 Å². The smallest absolute Gasteiger partial charge is 0.225 e. The van der Waals surface area contributed by atoms with Crippen molar-refractivity contribution in [3.05, 3.63) is 46.7 Å². The van der Waals surface area contributed by atoms with Crippen LogP contribution < -0.4 is 10.6 Å². The van der Waals surface area contributed by atoms with Gasteiger partial charge in [0.2, 0.25) is 5.95 Å². The van der Waals surface area contributed by atoms with Crippen LogP contribution in [0.1, 0.15) is 18.4 Å². The predicted molar refractivity (Wildman–Crippen MR) is 79.8 cm³/mol. The summed E-state index contributed by atoms with van der Waals surface area (Å²) in [5, 5.41) is 0. The van der Waals surface area contributed by atoms with Crippen molar-refractivity contribution in [2.45, 2.75) is 25.4 Å². The fourth-order valence-electron chi connectivity index (χ4n) is 2.02. The van der Waals surface area contributed by atoms with Gasteiger partial charge in [-0.05, 0) is 46.5 Å². The predicted octanol–water partition coefficient (Wildman–Crippen LogP) is 2.99. The van der Waals surface area contributed by atoms with Crippen molar-refractivity contribution in [2.24, 2.45) is 0 Å². The normalized spacial score (nSPS) is 14.4. The number of nitrogens with two attached hydrogens (primary N) is 1. The second-order valence-corrected chi connectivity index (χ2v) is 5.72. The largest absolute Gasteiger partial charge is 0.399 e. The minimum atomic E-state index is 0.568. The third kappa shape index (κ3) is 3.04. The molecule has 4 nitrogen and oxygen atoms in total. The fraction of sp³-hybridized carbons (Fsp3) is 0.286. The Bertz CT molecular complexity index is 549. The van der Waals surface area contributed by atoms with E-state index in [2.05, 4.69) is 42.9 Å². The van der Waals surface area contributed by atoms with Crippen molar-refractivity contribution in [1.29, 1.82) is 0 Å². The molecule has 0 aliphatic heterocycles. The van der Waals surface area contributed by atoms with Crippen molar-refractivity contribution >= 4 is 27.6 Å². The summed E-state index contributed by atoms with van der Waals surface area (Å²) in [7, 11) is 0. The molecule has 5 heteroatoms. The molecule has 1 aliphatic carbocycles. The van der Waals surface area contributed by atoms with Crippen LogP contribution in [0.5, 0.6) is 0 Å². The Labute approximate surface area is 120 Å². The first-order chi connectivity index (χ1) is 9.22. The summed E-state index contributed by atoms with van der Waals surface area (Å²) in [6, 6.07) is 8.55. The number of rotatable bonds is 4. The summed E-state index contributed by atoms with van der Waals surface area (Å²) in [5.41, 5.74) is 7.74. The molecule has 0 spiro atoms. The number of hydrogen-bond acceptors (Lipinski definition) is 4. The number of nitrogens with zero attached hydrogens (tertiary/aromatic N) is 3. The molecule has 2 aromatic rings. The number of aromatic nitrogens is 2. The second-order valence-electron chi connectivity index (χ2n) is 4.80. The van der Waals surface area contributed by atoms with E-state index in [0.29, 0.717) is 6.04 Å². The Morgan fingerprint density at radius 1 is 1.16 bits per heavy atom. The zero-order chi connectivity index (χ0) is 13.2. The molecule has 98 valence electrons. The molecular weight excluding hydrogens is 304 g/mol. The highest BCUT2D eigenvalue weighted by Gasteiger charge is 2.30. The van der Waals surface area contributed by atoms with Gasteiger partial charge in [-0.1, -0.05) is 12.1 Å². The van der Waals surface area contributed by atoms with Gasteiger partial charge in [-0.25, -0.2) is 9.97 Å². The van der Waals surface area contributed by atoms with Crippen molar-refractivity contribution in [3.63, 3.8) is 0 Å². The van der Waals surface area contributed by atoms with E-state index in [0.717, 1.165) is 22.7 Å². The Morgan fingerprint density at radius 3 is 2.37 bits per heavy atom. The highest BCUT2D eigenvalue weighted by Crippen LogP contribution is 2.31. The highest BCUT2D eigenvalue weighted by molar-refractivity contribution is 9.10. The van der Waals surface area contributed by atoms with Crippen LogP contribution in [0.3, 0.4) is 0 Å². The van der Waals surface area contributed by atoms with Crippen LogP contribution in [-0.2, 0) is 6.54 Å². The molecule has 0 bridgehead atoms. The van der Waals surface area contributed by atoms with E-state index in [-0.39, 0.29) is 0 Å². The lowest BCUT2D eigenvalue weighted by atomic mass is 10.2. The minimum absolute atomic E-state index is 0.568. The van der Waals surface area contributed by atoms with E-state index in [4.69, 9.17) is 5.73 Å². The maximum absolute atomic E-state index is 5.71. The molecule has 1 saturated carbocycles. The summed E-state index contributed by atoms with van der Waals surface area (Å²) in [4.78, 5) is 11.1. The van der Waals surface area contributed by atoms with E-state index in [9.17, 15) is 0 Å². The maximum Gasteiger partial charge on any atom is 0.225 e. The Morgan fingerprint density at radius 2 is 1.79 bits per heavy atom. The molecule has 19 heavy (non-hydrogen) atoms. The van der Waals surface area contributed by atoms with Gasteiger partial charge in [-0.15, -0.1) is 0 Å². The number of benzene rings is 1. The summed E-state index contributed by atoms with van der Waals surface area (Å²) < 4.78 is 0.902. The molecule has 1 aromatic carbocycles. The molecule has 2 N–H and O–H groups in total. The first-order valence-electron chi connectivity index (χ1n) is 6.31. The third-order valence-electron chi connectivity index (χ3n) is 3.18. The minimum Gasteiger partial charge on any atom is -0.399 e. The zero-order valence-electron chi connectivity index (χ0n) is 10.5. The van der Waals surface area contributed by atoms with Crippen molar-refractivity contribution in [3.8, 4) is 0 Å². The zero-order valence-corrected chi connectivity index (χ0v) is 12.0. The van der Waals surface area contributed by atoms with Crippen molar-refractivity contribution < 1.29 is 0 Å². The molecule has 0 amide bonds. The first-order valence-corrected chi connectivity index (χ1v) is 7.10. The van der Waals surface area contributed by atoms with Crippen LogP contribution in [0.4, 0.5) is 11.6 Å². The number of hydrogen-bond donors (Lipinski definition) is 1. The van der Waals surface area contributed by atoms with Crippen LogP contribution >= 0.6 is 15.9 Å². The van der Waals surface area contributed by atoms with E-state index < -0.39 is 0 Å². The summed E-state index contributed by atoms with van der Waals surface area (Å²) in [6.45, 7) is 0.826. The Kier molecular flexibility index (Phi) is 3.38. The Hall–Kier alpha value is -1.62. The van der Waals surface area contributed by atoms with Crippen molar-refractivity contribution in [1.82, 2.24) is 9.97 Å². The maximum atomic E-state index is 5.71. The summed E-state index contributed by atoms with van der Waals surface area (Å²) in [6.07, 6.45) is 6.02. The van der Waals surface area contributed by atoms with Gasteiger partial charge < -0.3 is 10.6 Å². The highest BCUT2D eigenvalue weighted by atomic mass is 79.9. The van der Waals surface area contributed by atoms with Crippen molar-refractivity contribution in [2.75, 3.05) is 10.6 Å². The topological polar surface area (TPSA) is 55.0 Å². The van der Waals surface area contributed by atoms with Gasteiger partial charge in [-0.3, -0.25) is 0 Å². The molecule has 0 atom stereocenters. The van der Waals surface area contributed by atoms with Gasteiger partial charge >= 0.3 is 0 Å². The summed E-state index contributed by atoms with van der Waals surface area (Å²) in [5.74, 6) is 0.794. The van der Waals surface area contributed by atoms with E-state index in [1.807, 2.05) is 12.1 Å². The van der Waals surface area contributed by atoms with Gasteiger partial charge in [0.05, 0.1) is 4.47 Å². The van der Waals surface area contributed by atoms with Crippen LogP contribution in [0.2, 0.25) is 0 Å². The first kappa shape index (κ1) is 12.4. The lowest BCUT2D eigenvalue weighted by Gasteiger charge is -2.22. The molecule has 3 rings (SSSR count). The number of nitrogen functional groups attached to an aromatic ring is 1. The number of anilines is 2. The van der Waals surface area contributed by atoms with Gasteiger partial charge in [0.25, 0.3) is 0 Å². The van der Waals surface area contributed by atoms with E-state index in [1.165, 1.54) is 18.4 Å². The molecule has 1 fully saturated rings. The Balaban J connectivity index is 1.81. The second kappa shape index (κ2) is 5.17. The lowest BCUT2D eigenvalue weighted by molar-refractivity contribution is 0.758. The average Bonchev–Trinajstić information content (AvgIpc) is 3.24. The molecule has 0 saturated heterocycles. The summed E-state index contributed by atoms with van der Waals surface area (Å²) >= 11 is 3.36. The molecule has 1 aromatic heterocycles. The monoisotopic (exact) mass is 318 g/mol. The molecular formula is C14H15BrN4. The van der Waals surface area contributed by atoms with Crippen LogP contribution in [-0.4, -0.2) is 16.0 Å². The van der Waals surface area contributed by atoms with E-state index >= 15 is 0 Å². The molecule has 1 heterocycles. The van der Waals surface area contributed by atoms with Gasteiger partial charge in [-0.2, -0.15) is 0 Å².